The SMILES string of the molecule is CC(c1cccnc1)N1CCOC(CC(=O)O)C1. The van der Waals surface area contributed by atoms with Crippen molar-refractivity contribution >= 4 is 5.97 Å². The van der Waals surface area contributed by atoms with Crippen molar-refractivity contribution in [3.63, 3.8) is 0 Å². The van der Waals surface area contributed by atoms with Crippen molar-refractivity contribution in [1.82, 2.24) is 9.88 Å². The average Bonchev–Trinajstić information content (AvgIpc) is 2.38. The number of carbonyl (C=O) groups is 1. The molecule has 1 aromatic rings. The summed E-state index contributed by atoms with van der Waals surface area (Å²) in [6.45, 7) is 4.18. The van der Waals surface area contributed by atoms with E-state index in [0.29, 0.717) is 13.2 Å². The number of morpholine rings is 1. The summed E-state index contributed by atoms with van der Waals surface area (Å²) in [6, 6.07) is 4.19. The molecule has 98 valence electrons. The minimum Gasteiger partial charge on any atom is -0.481 e. The van der Waals surface area contributed by atoms with E-state index in [9.17, 15) is 4.79 Å². The van der Waals surface area contributed by atoms with Crippen molar-refractivity contribution in [2.45, 2.75) is 25.5 Å². The number of hydrogen-bond acceptors (Lipinski definition) is 4. The highest BCUT2D eigenvalue weighted by Gasteiger charge is 2.26. The lowest BCUT2D eigenvalue weighted by Crippen LogP contribution is -2.44. The topological polar surface area (TPSA) is 62.7 Å². The van der Waals surface area contributed by atoms with Gasteiger partial charge >= 0.3 is 5.97 Å². The Morgan fingerprint density at radius 1 is 1.72 bits per heavy atom. The van der Waals surface area contributed by atoms with Gasteiger partial charge in [0.05, 0.1) is 19.1 Å². The van der Waals surface area contributed by atoms with Crippen LogP contribution in [-0.4, -0.2) is 46.8 Å². The van der Waals surface area contributed by atoms with Crippen LogP contribution in [0.4, 0.5) is 0 Å². The normalized spacial score (nSPS) is 22.6. The maximum Gasteiger partial charge on any atom is 0.306 e. The summed E-state index contributed by atoms with van der Waals surface area (Å²) in [5.41, 5.74) is 1.15. The zero-order valence-corrected chi connectivity index (χ0v) is 10.5. The third-order valence-corrected chi connectivity index (χ3v) is 3.29. The summed E-state index contributed by atoms with van der Waals surface area (Å²) in [4.78, 5) is 17.1. The Hall–Kier alpha value is -1.46. The third kappa shape index (κ3) is 3.27. The predicted molar refractivity (Wildman–Crippen MR) is 66.2 cm³/mol. The fourth-order valence-corrected chi connectivity index (χ4v) is 2.25. The van der Waals surface area contributed by atoms with Gasteiger partial charge in [0.25, 0.3) is 0 Å². The number of carboxylic acid groups (broad SMARTS) is 1. The van der Waals surface area contributed by atoms with Crippen LogP contribution >= 0.6 is 0 Å². The Morgan fingerprint density at radius 3 is 3.22 bits per heavy atom. The van der Waals surface area contributed by atoms with Crippen LogP contribution in [0.5, 0.6) is 0 Å². The zero-order valence-electron chi connectivity index (χ0n) is 10.5. The minimum atomic E-state index is -0.809. The second kappa shape index (κ2) is 5.93. The monoisotopic (exact) mass is 250 g/mol. The predicted octanol–water partition coefficient (Wildman–Crippen LogP) is 1.32. The molecule has 0 saturated carbocycles. The molecule has 0 spiro atoms. The fourth-order valence-electron chi connectivity index (χ4n) is 2.25. The largest absolute Gasteiger partial charge is 0.481 e. The highest BCUT2D eigenvalue weighted by Crippen LogP contribution is 2.22. The highest BCUT2D eigenvalue weighted by atomic mass is 16.5. The summed E-state index contributed by atoms with van der Waals surface area (Å²) in [6.07, 6.45) is 3.46. The first-order chi connectivity index (χ1) is 8.66. The number of nitrogens with zero attached hydrogens (tertiary/aromatic N) is 2. The molecule has 0 bridgehead atoms. The molecule has 0 aromatic carbocycles. The van der Waals surface area contributed by atoms with Crippen LogP contribution in [0.2, 0.25) is 0 Å². The Labute approximate surface area is 106 Å². The second-order valence-electron chi connectivity index (χ2n) is 4.55. The molecule has 0 aliphatic carbocycles. The quantitative estimate of drug-likeness (QED) is 0.873. The molecular formula is C13H18N2O3. The minimum absolute atomic E-state index is 0.0657. The van der Waals surface area contributed by atoms with Gasteiger partial charge < -0.3 is 9.84 Å². The summed E-state index contributed by atoms with van der Waals surface area (Å²) >= 11 is 0. The summed E-state index contributed by atoms with van der Waals surface area (Å²) in [5, 5.41) is 8.80. The van der Waals surface area contributed by atoms with Gasteiger partial charge in [-0.15, -0.1) is 0 Å². The third-order valence-electron chi connectivity index (χ3n) is 3.29. The van der Waals surface area contributed by atoms with Crippen LogP contribution in [0.3, 0.4) is 0 Å². The van der Waals surface area contributed by atoms with Crippen molar-refractivity contribution in [3.8, 4) is 0 Å². The van der Waals surface area contributed by atoms with E-state index in [-0.39, 0.29) is 18.6 Å². The van der Waals surface area contributed by atoms with E-state index in [0.717, 1.165) is 12.1 Å². The van der Waals surface area contributed by atoms with E-state index < -0.39 is 5.97 Å². The van der Waals surface area contributed by atoms with Crippen molar-refractivity contribution in [1.29, 1.82) is 0 Å². The Bertz CT molecular complexity index is 396. The molecule has 5 nitrogen and oxygen atoms in total. The lowest BCUT2D eigenvalue weighted by Gasteiger charge is -2.36. The lowest BCUT2D eigenvalue weighted by molar-refractivity contribution is -0.142. The molecule has 5 heteroatoms. The molecule has 1 N–H and O–H groups in total. The van der Waals surface area contributed by atoms with E-state index in [2.05, 4.69) is 16.8 Å². The molecule has 1 aliphatic rings. The van der Waals surface area contributed by atoms with Gasteiger partial charge in [0, 0.05) is 31.5 Å². The molecule has 1 saturated heterocycles. The summed E-state index contributed by atoms with van der Waals surface area (Å²) < 4.78 is 5.47. The molecular weight excluding hydrogens is 232 g/mol. The van der Waals surface area contributed by atoms with E-state index in [1.54, 1.807) is 6.20 Å². The number of carboxylic acids is 1. The number of pyridine rings is 1. The molecule has 1 fully saturated rings. The van der Waals surface area contributed by atoms with Gasteiger partial charge in [0.1, 0.15) is 0 Å². The average molecular weight is 250 g/mol. The lowest BCUT2D eigenvalue weighted by atomic mass is 10.1. The molecule has 0 amide bonds. The van der Waals surface area contributed by atoms with Crippen molar-refractivity contribution in [2.24, 2.45) is 0 Å². The van der Waals surface area contributed by atoms with Gasteiger partial charge in [-0.1, -0.05) is 6.07 Å². The summed E-state index contributed by atoms with van der Waals surface area (Å²) in [7, 11) is 0. The van der Waals surface area contributed by atoms with Gasteiger partial charge in [0.15, 0.2) is 0 Å². The van der Waals surface area contributed by atoms with Crippen molar-refractivity contribution < 1.29 is 14.6 Å². The van der Waals surface area contributed by atoms with Crippen LogP contribution in [-0.2, 0) is 9.53 Å². The van der Waals surface area contributed by atoms with E-state index in [4.69, 9.17) is 9.84 Å². The van der Waals surface area contributed by atoms with Gasteiger partial charge in [-0.05, 0) is 18.6 Å². The number of aromatic nitrogens is 1. The fraction of sp³-hybridized carbons (Fsp3) is 0.538. The molecule has 2 atom stereocenters. The standard InChI is InChI=1S/C13H18N2O3/c1-10(11-3-2-4-14-8-11)15-5-6-18-12(9-15)7-13(16)17/h2-4,8,10,12H,5-7,9H2,1H3,(H,16,17). The number of ether oxygens (including phenoxy) is 1. The zero-order chi connectivity index (χ0) is 13.0. The Morgan fingerprint density at radius 2 is 2.56 bits per heavy atom. The highest BCUT2D eigenvalue weighted by molar-refractivity contribution is 5.67. The van der Waals surface area contributed by atoms with E-state index in [1.165, 1.54) is 0 Å². The molecule has 1 aromatic heterocycles. The molecule has 18 heavy (non-hydrogen) atoms. The summed E-state index contributed by atoms with van der Waals surface area (Å²) in [5.74, 6) is -0.809. The Kier molecular flexibility index (Phi) is 4.28. The molecule has 0 radical (unpaired) electrons. The first-order valence-corrected chi connectivity index (χ1v) is 6.14. The van der Waals surface area contributed by atoms with Crippen LogP contribution in [0.15, 0.2) is 24.5 Å². The van der Waals surface area contributed by atoms with E-state index in [1.807, 2.05) is 18.3 Å². The first kappa shape index (κ1) is 13.0. The van der Waals surface area contributed by atoms with E-state index >= 15 is 0 Å². The maximum atomic E-state index is 10.7. The van der Waals surface area contributed by atoms with Crippen molar-refractivity contribution in [3.05, 3.63) is 30.1 Å². The van der Waals surface area contributed by atoms with Gasteiger partial charge in [0.2, 0.25) is 0 Å². The van der Waals surface area contributed by atoms with Crippen molar-refractivity contribution in [2.75, 3.05) is 19.7 Å². The molecule has 2 heterocycles. The van der Waals surface area contributed by atoms with Crippen LogP contribution in [0, 0.1) is 0 Å². The van der Waals surface area contributed by atoms with Crippen LogP contribution < -0.4 is 0 Å². The van der Waals surface area contributed by atoms with Gasteiger partial charge in [-0.2, -0.15) is 0 Å². The van der Waals surface area contributed by atoms with Gasteiger partial charge in [-0.25, -0.2) is 0 Å². The Balaban J connectivity index is 1.98. The molecule has 2 rings (SSSR count). The first-order valence-electron chi connectivity index (χ1n) is 6.14. The second-order valence-corrected chi connectivity index (χ2v) is 4.55. The van der Waals surface area contributed by atoms with Crippen LogP contribution in [0.25, 0.3) is 0 Å². The number of rotatable bonds is 4. The van der Waals surface area contributed by atoms with Crippen LogP contribution in [0.1, 0.15) is 24.9 Å². The van der Waals surface area contributed by atoms with Gasteiger partial charge in [-0.3, -0.25) is 14.7 Å². The maximum absolute atomic E-state index is 10.7. The molecule has 1 aliphatic heterocycles. The smallest absolute Gasteiger partial charge is 0.306 e. The number of hydrogen-bond donors (Lipinski definition) is 1. The number of aliphatic carboxylic acids is 1. The molecule has 2 unspecified atom stereocenters.